The Labute approximate surface area is 194 Å². The van der Waals surface area contributed by atoms with Crippen molar-refractivity contribution in [1.82, 2.24) is 0 Å². The topological polar surface area (TPSA) is 18.5 Å². The van der Waals surface area contributed by atoms with Gasteiger partial charge in [-0.15, -0.1) is 0 Å². The highest BCUT2D eigenvalue weighted by molar-refractivity contribution is 8.08. The third-order valence-electron chi connectivity index (χ3n) is 4.23. The van der Waals surface area contributed by atoms with Gasteiger partial charge in [-0.05, 0) is 55.8 Å². The predicted octanol–water partition coefficient (Wildman–Crippen LogP) is 7.90. The summed E-state index contributed by atoms with van der Waals surface area (Å²) >= 11 is 3.48. The van der Waals surface area contributed by atoms with Crippen LogP contribution in [0.25, 0.3) is 6.08 Å². The average molecular weight is 449 g/mol. The number of benzene rings is 3. The average Bonchev–Trinajstić information content (AvgIpc) is 2.81. The Morgan fingerprint density at radius 3 is 1.61 bits per heavy atom. The smallest absolute Gasteiger partial charge is 0.178 e. The molecule has 0 spiro atoms. The molecule has 3 aromatic carbocycles. The SMILES string of the molecule is CCOC(/C=C(Sc1ccccc1)/C(=C/c1ccccc1)Sc1ccccc1)OCC. The molecule has 0 fully saturated rings. The molecular formula is C27H28O2S2. The molecule has 0 unspecified atom stereocenters. The summed E-state index contributed by atoms with van der Waals surface area (Å²) in [5.74, 6) is 0. The Balaban J connectivity index is 2.04. The lowest BCUT2D eigenvalue weighted by molar-refractivity contribution is -0.104. The summed E-state index contributed by atoms with van der Waals surface area (Å²) in [6.07, 6.45) is 3.93. The summed E-state index contributed by atoms with van der Waals surface area (Å²) in [5.41, 5.74) is 1.16. The highest BCUT2D eigenvalue weighted by atomic mass is 32.2. The first-order valence-electron chi connectivity index (χ1n) is 10.5. The van der Waals surface area contributed by atoms with Crippen molar-refractivity contribution in [2.75, 3.05) is 13.2 Å². The molecule has 0 aliphatic heterocycles. The number of thioether (sulfide) groups is 2. The van der Waals surface area contributed by atoms with Crippen LogP contribution in [0.3, 0.4) is 0 Å². The van der Waals surface area contributed by atoms with E-state index >= 15 is 0 Å². The molecule has 0 atom stereocenters. The van der Waals surface area contributed by atoms with E-state index in [9.17, 15) is 0 Å². The van der Waals surface area contributed by atoms with Crippen molar-refractivity contribution >= 4 is 29.6 Å². The van der Waals surface area contributed by atoms with Gasteiger partial charge in [-0.25, -0.2) is 0 Å². The van der Waals surface area contributed by atoms with Gasteiger partial charge in [-0.1, -0.05) is 90.3 Å². The van der Waals surface area contributed by atoms with Gasteiger partial charge >= 0.3 is 0 Å². The third-order valence-corrected chi connectivity index (χ3v) is 6.51. The molecule has 2 nitrogen and oxygen atoms in total. The van der Waals surface area contributed by atoms with Crippen molar-refractivity contribution in [3.63, 3.8) is 0 Å². The van der Waals surface area contributed by atoms with Crippen LogP contribution in [-0.2, 0) is 9.47 Å². The maximum atomic E-state index is 5.85. The van der Waals surface area contributed by atoms with E-state index in [2.05, 4.69) is 84.9 Å². The summed E-state index contributed by atoms with van der Waals surface area (Å²) in [6, 6.07) is 31.3. The standard InChI is InChI=1S/C27H28O2S2/c1-3-28-27(29-4-2)21-26(31-24-18-12-7-13-19-24)25(20-22-14-8-5-9-15-22)30-23-16-10-6-11-17-23/h5-21,27H,3-4H2,1-2H3/b25-20-,26-21-. The molecule has 160 valence electrons. The van der Waals surface area contributed by atoms with E-state index in [1.54, 1.807) is 23.5 Å². The number of hydrogen-bond acceptors (Lipinski definition) is 4. The lowest BCUT2D eigenvalue weighted by Crippen LogP contribution is -2.15. The minimum atomic E-state index is -0.392. The Morgan fingerprint density at radius 2 is 1.13 bits per heavy atom. The molecule has 3 rings (SSSR count). The van der Waals surface area contributed by atoms with Crippen molar-refractivity contribution in [1.29, 1.82) is 0 Å². The van der Waals surface area contributed by atoms with Crippen LogP contribution in [0.2, 0.25) is 0 Å². The number of hydrogen-bond donors (Lipinski definition) is 0. The first-order valence-corrected chi connectivity index (χ1v) is 12.1. The van der Waals surface area contributed by atoms with Crippen LogP contribution in [0.1, 0.15) is 19.4 Å². The normalized spacial score (nSPS) is 12.4. The zero-order valence-electron chi connectivity index (χ0n) is 17.9. The van der Waals surface area contributed by atoms with E-state index in [0.717, 1.165) is 15.4 Å². The second-order valence-electron chi connectivity index (χ2n) is 6.56. The van der Waals surface area contributed by atoms with Crippen LogP contribution in [-0.4, -0.2) is 19.5 Å². The van der Waals surface area contributed by atoms with Gasteiger partial charge in [-0.2, -0.15) is 0 Å². The fourth-order valence-electron chi connectivity index (χ4n) is 2.85. The highest BCUT2D eigenvalue weighted by Gasteiger charge is 2.14. The van der Waals surface area contributed by atoms with E-state index in [1.165, 1.54) is 9.79 Å². The third kappa shape index (κ3) is 8.08. The molecule has 0 aromatic heterocycles. The zero-order valence-corrected chi connectivity index (χ0v) is 19.6. The molecule has 0 aliphatic carbocycles. The summed E-state index contributed by atoms with van der Waals surface area (Å²) in [7, 11) is 0. The van der Waals surface area contributed by atoms with Crippen molar-refractivity contribution < 1.29 is 9.47 Å². The number of rotatable bonds is 11. The molecule has 31 heavy (non-hydrogen) atoms. The van der Waals surface area contributed by atoms with Crippen LogP contribution >= 0.6 is 23.5 Å². The Morgan fingerprint density at radius 1 is 0.677 bits per heavy atom. The van der Waals surface area contributed by atoms with Gasteiger partial charge in [0.1, 0.15) is 0 Å². The molecule has 0 saturated carbocycles. The van der Waals surface area contributed by atoms with Gasteiger partial charge in [0.2, 0.25) is 0 Å². The first kappa shape index (κ1) is 23.4. The van der Waals surface area contributed by atoms with Gasteiger partial charge in [0.15, 0.2) is 6.29 Å². The van der Waals surface area contributed by atoms with Crippen LogP contribution in [0, 0.1) is 0 Å². The van der Waals surface area contributed by atoms with Crippen LogP contribution < -0.4 is 0 Å². The summed E-state index contributed by atoms with van der Waals surface area (Å²) < 4.78 is 11.7. The fraction of sp³-hybridized carbons (Fsp3) is 0.185. The second kappa shape index (κ2) is 13.2. The minimum Gasteiger partial charge on any atom is -0.349 e. The van der Waals surface area contributed by atoms with E-state index in [1.807, 2.05) is 32.0 Å². The first-order chi connectivity index (χ1) is 15.3. The van der Waals surface area contributed by atoms with E-state index < -0.39 is 6.29 Å². The van der Waals surface area contributed by atoms with Crippen LogP contribution in [0.5, 0.6) is 0 Å². The van der Waals surface area contributed by atoms with Gasteiger partial charge < -0.3 is 9.47 Å². The van der Waals surface area contributed by atoms with Crippen LogP contribution in [0.4, 0.5) is 0 Å². The van der Waals surface area contributed by atoms with Gasteiger partial charge in [-0.3, -0.25) is 0 Å². The highest BCUT2D eigenvalue weighted by Crippen LogP contribution is 2.41. The summed E-state index contributed by atoms with van der Waals surface area (Å²) in [5, 5.41) is 0. The lowest BCUT2D eigenvalue weighted by Gasteiger charge is -2.18. The van der Waals surface area contributed by atoms with Crippen molar-refractivity contribution in [2.45, 2.75) is 29.9 Å². The largest absolute Gasteiger partial charge is 0.349 e. The van der Waals surface area contributed by atoms with E-state index in [-0.39, 0.29) is 0 Å². The van der Waals surface area contributed by atoms with Crippen molar-refractivity contribution in [3.05, 3.63) is 112 Å². The zero-order chi connectivity index (χ0) is 21.7. The summed E-state index contributed by atoms with van der Waals surface area (Å²) in [6.45, 7) is 5.16. The lowest BCUT2D eigenvalue weighted by atomic mass is 10.2. The molecule has 0 aliphatic rings. The van der Waals surface area contributed by atoms with Crippen molar-refractivity contribution in [3.8, 4) is 0 Å². The molecule has 0 bridgehead atoms. The Hall–Kier alpha value is -2.24. The fourth-order valence-corrected chi connectivity index (χ4v) is 4.89. The maximum Gasteiger partial charge on any atom is 0.178 e. The van der Waals surface area contributed by atoms with Crippen LogP contribution in [0.15, 0.2) is 117 Å². The molecule has 0 amide bonds. The molecule has 0 saturated heterocycles. The minimum absolute atomic E-state index is 0.392. The molecule has 0 radical (unpaired) electrons. The molecule has 0 heterocycles. The maximum absolute atomic E-state index is 5.85. The molecular weight excluding hydrogens is 420 g/mol. The van der Waals surface area contributed by atoms with Gasteiger partial charge in [0.05, 0.1) is 0 Å². The number of ether oxygens (including phenoxy) is 2. The molecule has 3 aromatic rings. The summed E-state index contributed by atoms with van der Waals surface area (Å²) in [4.78, 5) is 4.62. The predicted molar refractivity (Wildman–Crippen MR) is 134 cm³/mol. The van der Waals surface area contributed by atoms with Crippen molar-refractivity contribution in [2.24, 2.45) is 0 Å². The van der Waals surface area contributed by atoms with E-state index in [0.29, 0.717) is 13.2 Å². The quantitative estimate of drug-likeness (QED) is 0.168. The van der Waals surface area contributed by atoms with E-state index in [4.69, 9.17) is 9.47 Å². The second-order valence-corrected chi connectivity index (χ2v) is 8.79. The Bertz CT molecular complexity index is 948. The van der Waals surface area contributed by atoms with Gasteiger partial charge in [0, 0.05) is 32.8 Å². The molecule has 0 N–H and O–H groups in total. The Kier molecular flexibility index (Phi) is 10.00. The van der Waals surface area contributed by atoms with Gasteiger partial charge in [0.25, 0.3) is 0 Å². The monoisotopic (exact) mass is 448 g/mol. The molecule has 4 heteroatoms.